The summed E-state index contributed by atoms with van der Waals surface area (Å²) < 4.78 is 0. The highest BCUT2D eigenvalue weighted by atomic mass is 35.5. The molecular weight excluding hydrogens is 218 g/mol. The lowest BCUT2D eigenvalue weighted by Crippen LogP contribution is -2.26. The molecule has 1 atom stereocenters. The third-order valence-electron chi connectivity index (χ3n) is 1.90. The maximum atomic E-state index is 11.4. The van der Waals surface area contributed by atoms with Crippen LogP contribution in [0.5, 0.6) is 0 Å². The summed E-state index contributed by atoms with van der Waals surface area (Å²) in [5, 5.41) is 11.4. The van der Waals surface area contributed by atoms with Crippen LogP contribution in [-0.2, 0) is 9.59 Å². The molecule has 0 aliphatic heterocycles. The molecule has 0 aromatic heterocycles. The van der Waals surface area contributed by atoms with E-state index in [1.54, 1.807) is 24.3 Å². The van der Waals surface area contributed by atoms with E-state index in [0.29, 0.717) is 10.7 Å². The van der Waals surface area contributed by atoms with E-state index >= 15 is 0 Å². The highest BCUT2D eigenvalue weighted by Crippen LogP contribution is 2.20. The summed E-state index contributed by atoms with van der Waals surface area (Å²) in [7, 11) is 0. The van der Waals surface area contributed by atoms with Gasteiger partial charge in [0, 0.05) is 0 Å². The number of rotatable bonds is 3. The van der Waals surface area contributed by atoms with Crippen LogP contribution in [0.3, 0.4) is 0 Å². The molecule has 2 N–H and O–H groups in total. The van der Waals surface area contributed by atoms with Gasteiger partial charge in [-0.25, -0.2) is 0 Å². The predicted molar refractivity (Wildman–Crippen MR) is 56.9 cm³/mol. The molecule has 0 heterocycles. The van der Waals surface area contributed by atoms with Gasteiger partial charge in [-0.3, -0.25) is 9.59 Å². The van der Waals surface area contributed by atoms with Gasteiger partial charge in [-0.05, 0) is 19.1 Å². The maximum absolute atomic E-state index is 11.4. The summed E-state index contributed by atoms with van der Waals surface area (Å²) in [5.41, 5.74) is 0.414. The molecule has 0 aliphatic carbocycles. The summed E-state index contributed by atoms with van der Waals surface area (Å²) in [4.78, 5) is 21.9. The Morgan fingerprint density at radius 2 is 2.00 bits per heavy atom. The van der Waals surface area contributed by atoms with Gasteiger partial charge in [0.05, 0.1) is 10.7 Å². The summed E-state index contributed by atoms with van der Waals surface area (Å²) in [5.74, 6) is -2.85. The van der Waals surface area contributed by atoms with E-state index in [0.717, 1.165) is 0 Å². The van der Waals surface area contributed by atoms with Crippen molar-refractivity contribution in [2.24, 2.45) is 5.92 Å². The van der Waals surface area contributed by atoms with Crippen LogP contribution in [0.1, 0.15) is 6.92 Å². The summed E-state index contributed by atoms with van der Waals surface area (Å²) in [6.07, 6.45) is 0. The van der Waals surface area contributed by atoms with Gasteiger partial charge in [0.25, 0.3) is 0 Å². The lowest BCUT2D eigenvalue weighted by atomic mass is 10.1. The number of carboxylic acids is 1. The van der Waals surface area contributed by atoms with Crippen LogP contribution in [0.4, 0.5) is 5.69 Å². The number of para-hydroxylation sites is 1. The number of nitrogens with one attached hydrogen (secondary N) is 1. The zero-order valence-electron chi connectivity index (χ0n) is 8.03. The van der Waals surface area contributed by atoms with Crippen molar-refractivity contribution < 1.29 is 14.7 Å². The van der Waals surface area contributed by atoms with E-state index in [2.05, 4.69) is 5.32 Å². The van der Waals surface area contributed by atoms with Crippen LogP contribution >= 0.6 is 11.6 Å². The maximum Gasteiger partial charge on any atom is 0.315 e. The van der Waals surface area contributed by atoms with Crippen LogP contribution in [0.2, 0.25) is 5.02 Å². The van der Waals surface area contributed by atoms with Gasteiger partial charge in [0.2, 0.25) is 5.91 Å². The number of hydrogen-bond donors (Lipinski definition) is 2. The summed E-state index contributed by atoms with van der Waals surface area (Å²) in [6.45, 7) is 1.31. The van der Waals surface area contributed by atoms with Crippen LogP contribution in [0.15, 0.2) is 24.3 Å². The smallest absolute Gasteiger partial charge is 0.315 e. The predicted octanol–water partition coefficient (Wildman–Crippen LogP) is 2.00. The van der Waals surface area contributed by atoms with Crippen LogP contribution in [0, 0.1) is 5.92 Å². The van der Waals surface area contributed by atoms with Gasteiger partial charge in [-0.2, -0.15) is 0 Å². The fourth-order valence-electron chi connectivity index (χ4n) is 0.916. The molecular formula is C10H10ClNO3. The molecule has 1 aromatic rings. The molecule has 0 radical (unpaired) electrons. The molecule has 0 saturated heterocycles. The lowest BCUT2D eigenvalue weighted by Gasteiger charge is -2.09. The van der Waals surface area contributed by atoms with Gasteiger partial charge in [-0.1, -0.05) is 23.7 Å². The zero-order valence-corrected chi connectivity index (χ0v) is 8.78. The Morgan fingerprint density at radius 1 is 1.40 bits per heavy atom. The average molecular weight is 228 g/mol. The van der Waals surface area contributed by atoms with E-state index in [9.17, 15) is 9.59 Å². The van der Waals surface area contributed by atoms with Gasteiger partial charge >= 0.3 is 5.97 Å². The Kier molecular flexibility index (Phi) is 3.68. The minimum absolute atomic E-state index is 0.378. The molecule has 0 spiro atoms. The Morgan fingerprint density at radius 3 is 2.53 bits per heavy atom. The number of halogens is 1. The first-order valence-corrected chi connectivity index (χ1v) is 4.68. The molecule has 15 heavy (non-hydrogen) atoms. The first-order chi connectivity index (χ1) is 7.02. The standard InChI is InChI=1S/C10H10ClNO3/c1-6(10(14)15)9(13)12-8-5-3-2-4-7(8)11/h2-6H,1H3,(H,12,13)(H,14,15)/t6-/m0/s1. The molecule has 0 fully saturated rings. The molecule has 5 heteroatoms. The van der Waals surface area contributed by atoms with Gasteiger partial charge < -0.3 is 10.4 Å². The van der Waals surface area contributed by atoms with E-state index in [4.69, 9.17) is 16.7 Å². The Hall–Kier alpha value is -1.55. The van der Waals surface area contributed by atoms with Crippen LogP contribution in [0.25, 0.3) is 0 Å². The Labute approximate surface area is 91.9 Å². The number of hydrogen-bond acceptors (Lipinski definition) is 2. The monoisotopic (exact) mass is 227 g/mol. The molecule has 1 rings (SSSR count). The number of aliphatic carboxylic acids is 1. The Balaban J connectivity index is 2.75. The SMILES string of the molecule is C[C@H](C(=O)O)C(=O)Nc1ccccc1Cl. The fraction of sp³-hybridized carbons (Fsp3) is 0.200. The normalized spacial score (nSPS) is 11.9. The topological polar surface area (TPSA) is 66.4 Å². The second-order valence-corrected chi connectivity index (χ2v) is 3.44. The fourth-order valence-corrected chi connectivity index (χ4v) is 1.10. The van der Waals surface area contributed by atoms with E-state index in [1.165, 1.54) is 6.92 Å². The molecule has 1 amide bonds. The van der Waals surface area contributed by atoms with E-state index in [1.807, 2.05) is 0 Å². The molecule has 0 bridgehead atoms. The molecule has 0 aliphatic rings. The van der Waals surface area contributed by atoms with E-state index in [-0.39, 0.29) is 0 Å². The van der Waals surface area contributed by atoms with Gasteiger partial charge in [0.1, 0.15) is 5.92 Å². The summed E-state index contributed by atoms with van der Waals surface area (Å²) >= 11 is 5.79. The largest absolute Gasteiger partial charge is 0.481 e. The molecule has 0 saturated carbocycles. The second kappa shape index (κ2) is 4.79. The lowest BCUT2D eigenvalue weighted by molar-refractivity contribution is -0.144. The third-order valence-corrected chi connectivity index (χ3v) is 2.23. The average Bonchev–Trinajstić information content (AvgIpc) is 2.20. The number of carbonyl (C=O) groups is 2. The van der Waals surface area contributed by atoms with E-state index < -0.39 is 17.8 Å². The Bertz CT molecular complexity index is 392. The third kappa shape index (κ3) is 2.95. The van der Waals surface area contributed by atoms with Crippen molar-refractivity contribution >= 4 is 29.2 Å². The van der Waals surface area contributed by atoms with Crippen molar-refractivity contribution in [1.82, 2.24) is 0 Å². The molecule has 80 valence electrons. The molecule has 0 unspecified atom stereocenters. The van der Waals surface area contributed by atoms with Crippen molar-refractivity contribution in [2.45, 2.75) is 6.92 Å². The zero-order chi connectivity index (χ0) is 11.4. The first kappa shape index (κ1) is 11.5. The molecule has 1 aromatic carbocycles. The number of anilines is 1. The minimum Gasteiger partial charge on any atom is -0.481 e. The van der Waals surface area contributed by atoms with Crippen molar-refractivity contribution in [2.75, 3.05) is 5.32 Å². The first-order valence-electron chi connectivity index (χ1n) is 4.30. The van der Waals surface area contributed by atoms with Crippen LogP contribution in [-0.4, -0.2) is 17.0 Å². The molecule has 4 nitrogen and oxygen atoms in total. The second-order valence-electron chi connectivity index (χ2n) is 3.03. The number of benzene rings is 1. The highest BCUT2D eigenvalue weighted by Gasteiger charge is 2.20. The summed E-state index contributed by atoms with van der Waals surface area (Å²) in [6, 6.07) is 6.64. The quantitative estimate of drug-likeness (QED) is 0.777. The number of carboxylic acid groups (broad SMARTS) is 1. The van der Waals surface area contributed by atoms with Gasteiger partial charge in [-0.15, -0.1) is 0 Å². The number of carbonyl (C=O) groups excluding carboxylic acids is 1. The van der Waals surface area contributed by atoms with Crippen molar-refractivity contribution in [3.05, 3.63) is 29.3 Å². The van der Waals surface area contributed by atoms with Crippen molar-refractivity contribution in [3.63, 3.8) is 0 Å². The van der Waals surface area contributed by atoms with Crippen molar-refractivity contribution in [3.8, 4) is 0 Å². The number of amides is 1. The minimum atomic E-state index is -1.17. The highest BCUT2D eigenvalue weighted by molar-refractivity contribution is 6.33. The van der Waals surface area contributed by atoms with Crippen LogP contribution < -0.4 is 5.32 Å². The van der Waals surface area contributed by atoms with Gasteiger partial charge in [0.15, 0.2) is 0 Å². The van der Waals surface area contributed by atoms with Crippen molar-refractivity contribution in [1.29, 1.82) is 0 Å².